The van der Waals surface area contributed by atoms with Gasteiger partial charge in [-0.05, 0) is 55.4 Å². The quantitative estimate of drug-likeness (QED) is 0.407. The van der Waals surface area contributed by atoms with Crippen LogP contribution in [0.4, 0.5) is 4.39 Å². The number of aliphatic hydroxyl groups is 1. The summed E-state index contributed by atoms with van der Waals surface area (Å²) >= 11 is 0. The summed E-state index contributed by atoms with van der Waals surface area (Å²) in [5.74, 6) is 1.15. The third kappa shape index (κ3) is 8.38. The van der Waals surface area contributed by atoms with E-state index in [1.807, 2.05) is 0 Å². The summed E-state index contributed by atoms with van der Waals surface area (Å²) in [5, 5.41) is 22.7. The molecule has 6 heteroatoms. The lowest BCUT2D eigenvalue weighted by Gasteiger charge is -2.46. The van der Waals surface area contributed by atoms with Crippen LogP contribution in [0.1, 0.15) is 71.8 Å². The van der Waals surface area contributed by atoms with Gasteiger partial charge in [-0.25, -0.2) is 0 Å². The lowest BCUT2D eigenvalue weighted by molar-refractivity contribution is -0.438. The molecule has 3 rings (SSSR count). The summed E-state index contributed by atoms with van der Waals surface area (Å²) in [4.78, 5) is 0. The molecule has 2 unspecified atom stereocenters. The number of alkyl halides is 1. The predicted octanol–water partition coefficient (Wildman–Crippen LogP) is 6.00. The Morgan fingerprint density at radius 2 is 2.03 bits per heavy atom. The van der Waals surface area contributed by atoms with Gasteiger partial charge in [-0.2, -0.15) is 4.39 Å². The number of hydrogen-bond acceptors (Lipinski definition) is 5. The first-order valence-electron chi connectivity index (χ1n) is 13.3. The van der Waals surface area contributed by atoms with E-state index in [9.17, 15) is 14.6 Å². The van der Waals surface area contributed by atoms with Crippen LogP contribution >= 0.6 is 0 Å². The second-order valence-corrected chi connectivity index (χ2v) is 11.3. The molecule has 1 saturated heterocycles. The Labute approximate surface area is 210 Å². The fourth-order valence-corrected chi connectivity index (χ4v) is 5.83. The molecule has 6 atom stereocenters. The number of allylic oxidation sites excluding steroid dienone is 1. The fourth-order valence-electron chi connectivity index (χ4n) is 5.83. The molecule has 1 aliphatic heterocycles. The number of hydrogen-bond donors (Lipinski definition) is 1. The Morgan fingerprint density at radius 3 is 2.74 bits per heavy atom. The molecule has 0 spiro atoms. The van der Waals surface area contributed by atoms with Crippen LogP contribution in [0.3, 0.4) is 0 Å². The molecule has 0 radical (unpaired) electrons. The average molecular weight is 492 g/mol. The minimum atomic E-state index is -1.88. The Kier molecular flexibility index (Phi) is 9.88. The molecule has 1 aromatic rings. The van der Waals surface area contributed by atoms with Gasteiger partial charge in [0.25, 0.3) is 0 Å². The van der Waals surface area contributed by atoms with Crippen molar-refractivity contribution in [3.05, 3.63) is 36.1 Å². The van der Waals surface area contributed by atoms with Gasteiger partial charge in [0.1, 0.15) is 11.5 Å². The van der Waals surface area contributed by atoms with E-state index in [0.29, 0.717) is 47.2 Å². The number of halogens is 1. The molecule has 5 nitrogen and oxygen atoms in total. The van der Waals surface area contributed by atoms with E-state index in [-0.39, 0.29) is 24.7 Å². The van der Waals surface area contributed by atoms with Crippen molar-refractivity contribution in [3.8, 4) is 11.5 Å². The third-order valence-corrected chi connectivity index (χ3v) is 7.73. The highest BCUT2D eigenvalue weighted by molar-refractivity contribution is 5.42. The topological polar surface area (TPSA) is 71.0 Å². The summed E-state index contributed by atoms with van der Waals surface area (Å²) < 4.78 is 31.5. The molecule has 2 aliphatic rings. The van der Waals surface area contributed by atoms with Crippen LogP contribution in [0, 0.1) is 29.6 Å². The molecule has 35 heavy (non-hydrogen) atoms. The summed E-state index contributed by atoms with van der Waals surface area (Å²) in [5.41, 5.74) is 0.619. The Bertz CT molecular complexity index is 820. The first-order valence-corrected chi connectivity index (χ1v) is 13.3. The molecule has 2 fully saturated rings. The van der Waals surface area contributed by atoms with Crippen molar-refractivity contribution in [3.63, 3.8) is 0 Å². The van der Waals surface area contributed by atoms with Crippen LogP contribution in [0.2, 0.25) is 0 Å². The van der Waals surface area contributed by atoms with Gasteiger partial charge >= 0.3 is 0 Å². The first-order chi connectivity index (χ1) is 16.5. The molecule has 1 heterocycles. The highest BCUT2D eigenvalue weighted by Crippen LogP contribution is 2.43. The second kappa shape index (κ2) is 12.4. The van der Waals surface area contributed by atoms with Crippen molar-refractivity contribution in [2.45, 2.75) is 84.6 Å². The van der Waals surface area contributed by atoms with Gasteiger partial charge in [0.15, 0.2) is 0 Å². The van der Waals surface area contributed by atoms with Crippen LogP contribution in [0.15, 0.2) is 30.5 Å². The van der Waals surface area contributed by atoms with Gasteiger partial charge in [0, 0.05) is 45.1 Å². The van der Waals surface area contributed by atoms with Crippen LogP contribution in [-0.2, 0) is 11.2 Å². The minimum absolute atomic E-state index is 0.0301. The molecule has 1 saturated carbocycles. The molecular formula is C29H44FO5-. The fraction of sp³-hybridized carbons (Fsp3) is 0.724. The van der Waals surface area contributed by atoms with E-state index in [4.69, 9.17) is 14.2 Å². The minimum Gasteiger partial charge on any atom is -0.852 e. The molecule has 1 aliphatic carbocycles. The molecule has 0 amide bonds. The zero-order valence-corrected chi connectivity index (χ0v) is 21.9. The summed E-state index contributed by atoms with van der Waals surface area (Å²) in [6.45, 7) is 12.4. The maximum Gasteiger partial charge on any atom is 0.242 e. The molecule has 198 valence electrons. The molecule has 1 aromatic carbocycles. The first kappa shape index (κ1) is 27.8. The van der Waals surface area contributed by atoms with Crippen molar-refractivity contribution < 1.29 is 28.8 Å². The van der Waals surface area contributed by atoms with E-state index in [2.05, 4.69) is 20.4 Å². The van der Waals surface area contributed by atoms with Crippen molar-refractivity contribution in [2.75, 3.05) is 19.8 Å². The molecule has 0 aromatic heterocycles. The van der Waals surface area contributed by atoms with Crippen molar-refractivity contribution >= 4 is 0 Å². The smallest absolute Gasteiger partial charge is 0.242 e. The summed E-state index contributed by atoms with van der Waals surface area (Å²) in [6, 6.07) is 5.09. The SMILES string of the molecule is C=C(O)Cc1ccc(OCC[C@@H]([O-])[C@H](C)[C@@H]2CCC[C@@H]3CCC(C)COCC32)cc1OC(C)(C)F. The van der Waals surface area contributed by atoms with Crippen LogP contribution in [0.5, 0.6) is 11.5 Å². The highest BCUT2D eigenvalue weighted by Gasteiger charge is 2.37. The van der Waals surface area contributed by atoms with E-state index in [0.717, 1.165) is 19.6 Å². The van der Waals surface area contributed by atoms with Crippen molar-refractivity contribution in [2.24, 2.45) is 29.6 Å². The highest BCUT2D eigenvalue weighted by atomic mass is 19.2. The van der Waals surface area contributed by atoms with E-state index >= 15 is 0 Å². The molecule has 0 bridgehead atoms. The normalized spacial score (nSPS) is 27.1. The van der Waals surface area contributed by atoms with E-state index in [1.54, 1.807) is 18.2 Å². The van der Waals surface area contributed by atoms with Gasteiger partial charge in [0.2, 0.25) is 5.85 Å². The number of benzene rings is 1. The number of ether oxygens (including phenoxy) is 3. The van der Waals surface area contributed by atoms with Gasteiger partial charge in [0.05, 0.1) is 12.4 Å². The largest absolute Gasteiger partial charge is 0.852 e. The standard InChI is InChI=1S/C29H44FO5/c1-19-9-10-22-7-6-8-25(26(22)18-33-17-19)21(3)27(32)13-14-34-24-12-11-23(15-20(2)31)28(16-24)35-29(4,5)30/h11-12,16,19,21-22,25-27,31H,2,6-10,13-15,17-18H2,1,3-5H3/q-1/t19?,21-,22-,25+,26?,27-/m1/s1. The number of fused-ring (bicyclic) bond motifs is 1. The Balaban J connectivity index is 1.57. The van der Waals surface area contributed by atoms with Gasteiger partial charge in [-0.1, -0.05) is 45.3 Å². The monoisotopic (exact) mass is 491 g/mol. The second-order valence-electron chi connectivity index (χ2n) is 11.3. The zero-order chi connectivity index (χ0) is 25.6. The van der Waals surface area contributed by atoms with E-state index < -0.39 is 12.0 Å². The van der Waals surface area contributed by atoms with Crippen molar-refractivity contribution in [1.82, 2.24) is 0 Å². The summed E-state index contributed by atoms with van der Waals surface area (Å²) in [7, 11) is 0. The average Bonchev–Trinajstić information content (AvgIpc) is 2.76. The van der Waals surface area contributed by atoms with Crippen LogP contribution in [0.25, 0.3) is 0 Å². The molecule has 1 N–H and O–H groups in total. The maximum absolute atomic E-state index is 14.1. The van der Waals surface area contributed by atoms with Gasteiger partial charge in [-0.15, -0.1) is 6.10 Å². The zero-order valence-electron chi connectivity index (χ0n) is 21.9. The third-order valence-electron chi connectivity index (χ3n) is 7.73. The Morgan fingerprint density at radius 1 is 1.26 bits per heavy atom. The van der Waals surface area contributed by atoms with Gasteiger partial charge < -0.3 is 24.4 Å². The van der Waals surface area contributed by atoms with Crippen LogP contribution in [-0.4, -0.2) is 36.9 Å². The maximum atomic E-state index is 14.1. The summed E-state index contributed by atoms with van der Waals surface area (Å²) in [6.07, 6.45) is 5.91. The lowest BCUT2D eigenvalue weighted by Crippen LogP contribution is -2.45. The van der Waals surface area contributed by atoms with E-state index in [1.165, 1.54) is 39.5 Å². The number of aliphatic hydroxyl groups excluding tert-OH is 1. The van der Waals surface area contributed by atoms with Gasteiger partial charge in [-0.3, -0.25) is 0 Å². The van der Waals surface area contributed by atoms with Crippen LogP contribution < -0.4 is 14.6 Å². The predicted molar refractivity (Wildman–Crippen MR) is 134 cm³/mol. The lowest BCUT2D eigenvalue weighted by atomic mass is 9.65. The van der Waals surface area contributed by atoms with Crippen molar-refractivity contribution in [1.29, 1.82) is 0 Å². The molecular weight excluding hydrogens is 447 g/mol. The Hall–Kier alpha value is -1.79. The number of rotatable bonds is 10.